The fraction of sp³-hybridized carbons (Fsp3) is 0.667. The Bertz CT molecular complexity index is 399. The summed E-state index contributed by atoms with van der Waals surface area (Å²) in [6.07, 6.45) is 8.62. The second-order valence-corrected chi connectivity index (χ2v) is 6.52. The van der Waals surface area contributed by atoms with E-state index in [4.69, 9.17) is 0 Å². The second-order valence-electron chi connectivity index (χ2n) is 6.52. The van der Waals surface area contributed by atoms with Crippen molar-refractivity contribution >= 4 is 0 Å². The van der Waals surface area contributed by atoms with Gasteiger partial charge in [0.25, 0.3) is 0 Å². The third-order valence-corrected chi connectivity index (χ3v) is 5.20. The molecule has 1 saturated heterocycles. The number of benzene rings is 1. The van der Waals surface area contributed by atoms with E-state index in [9.17, 15) is 5.11 Å². The third-order valence-electron chi connectivity index (χ3n) is 5.20. The Morgan fingerprint density at radius 2 is 1.70 bits per heavy atom. The van der Waals surface area contributed by atoms with Crippen molar-refractivity contribution in [2.45, 2.75) is 63.0 Å². The minimum absolute atomic E-state index is 0.184. The summed E-state index contributed by atoms with van der Waals surface area (Å²) in [4.78, 5) is 0. The van der Waals surface area contributed by atoms with Crippen LogP contribution in [0, 0.1) is 5.92 Å². The number of hydrogen-bond donors (Lipinski definition) is 2. The first-order valence-corrected chi connectivity index (χ1v) is 8.32. The van der Waals surface area contributed by atoms with E-state index in [-0.39, 0.29) is 12.1 Å². The minimum atomic E-state index is -0.184. The van der Waals surface area contributed by atoms with Crippen LogP contribution in [0.3, 0.4) is 0 Å². The molecule has 0 amide bonds. The van der Waals surface area contributed by atoms with Crippen molar-refractivity contribution in [2.24, 2.45) is 5.92 Å². The fourth-order valence-electron chi connectivity index (χ4n) is 4.20. The molecule has 1 aromatic carbocycles. The highest BCUT2D eigenvalue weighted by Crippen LogP contribution is 2.40. The van der Waals surface area contributed by atoms with Gasteiger partial charge in [-0.05, 0) is 43.7 Å². The molecule has 2 aliphatic rings. The summed E-state index contributed by atoms with van der Waals surface area (Å²) in [5.41, 5.74) is 1.41. The van der Waals surface area contributed by atoms with Gasteiger partial charge in [-0.15, -0.1) is 0 Å². The number of piperidine rings is 1. The number of aliphatic hydroxyl groups excluding tert-OH is 1. The van der Waals surface area contributed by atoms with Gasteiger partial charge in [0.05, 0.1) is 6.10 Å². The normalized spacial score (nSPS) is 30.1. The highest BCUT2D eigenvalue weighted by atomic mass is 16.3. The zero-order chi connectivity index (χ0) is 13.8. The van der Waals surface area contributed by atoms with Crippen molar-refractivity contribution in [3.05, 3.63) is 35.9 Å². The zero-order valence-electron chi connectivity index (χ0n) is 12.3. The molecule has 1 aliphatic heterocycles. The Labute approximate surface area is 122 Å². The molecule has 20 heavy (non-hydrogen) atoms. The molecule has 0 unspecified atom stereocenters. The van der Waals surface area contributed by atoms with Gasteiger partial charge >= 0.3 is 0 Å². The lowest BCUT2D eigenvalue weighted by atomic mass is 9.71. The first kappa shape index (κ1) is 14.1. The van der Waals surface area contributed by atoms with Gasteiger partial charge in [0.1, 0.15) is 0 Å². The maximum Gasteiger partial charge on any atom is 0.0699 e. The van der Waals surface area contributed by atoms with Gasteiger partial charge in [0.2, 0.25) is 0 Å². The van der Waals surface area contributed by atoms with Crippen molar-refractivity contribution < 1.29 is 5.11 Å². The summed E-state index contributed by atoms with van der Waals surface area (Å²) in [6, 6.07) is 11.1. The monoisotopic (exact) mass is 273 g/mol. The topological polar surface area (TPSA) is 32.3 Å². The van der Waals surface area contributed by atoms with Gasteiger partial charge < -0.3 is 10.4 Å². The molecule has 110 valence electrons. The third kappa shape index (κ3) is 3.07. The van der Waals surface area contributed by atoms with Crippen LogP contribution in [0.4, 0.5) is 0 Å². The number of rotatable bonds is 3. The van der Waals surface area contributed by atoms with Crippen LogP contribution in [0.25, 0.3) is 0 Å². The van der Waals surface area contributed by atoms with Crippen LogP contribution in [0.2, 0.25) is 0 Å². The summed E-state index contributed by atoms with van der Waals surface area (Å²) < 4.78 is 0. The van der Waals surface area contributed by atoms with Crippen molar-refractivity contribution in [3.63, 3.8) is 0 Å². The van der Waals surface area contributed by atoms with Crippen LogP contribution in [0.5, 0.6) is 0 Å². The molecule has 2 fully saturated rings. The summed E-state index contributed by atoms with van der Waals surface area (Å²) in [7, 11) is 0. The van der Waals surface area contributed by atoms with E-state index in [0.29, 0.717) is 5.92 Å². The SMILES string of the molecule is O[C@@H]1CCCN[C@H]1[C@H](c1ccccc1)C1CCCCC1. The highest BCUT2D eigenvalue weighted by molar-refractivity contribution is 5.23. The number of hydrogen-bond acceptors (Lipinski definition) is 2. The van der Waals surface area contributed by atoms with Crippen molar-refractivity contribution in [2.75, 3.05) is 6.54 Å². The smallest absolute Gasteiger partial charge is 0.0699 e. The molecule has 0 aromatic heterocycles. The van der Waals surface area contributed by atoms with E-state index < -0.39 is 0 Å². The summed E-state index contributed by atoms with van der Waals surface area (Å²) in [5, 5.41) is 14.1. The van der Waals surface area contributed by atoms with E-state index in [2.05, 4.69) is 35.6 Å². The van der Waals surface area contributed by atoms with Crippen molar-refractivity contribution in [1.82, 2.24) is 5.32 Å². The van der Waals surface area contributed by atoms with Gasteiger partial charge in [-0.1, -0.05) is 49.6 Å². The van der Waals surface area contributed by atoms with Crippen LogP contribution in [0.15, 0.2) is 30.3 Å². The molecule has 2 heteroatoms. The second kappa shape index (κ2) is 6.73. The van der Waals surface area contributed by atoms with E-state index in [1.165, 1.54) is 37.7 Å². The highest BCUT2D eigenvalue weighted by Gasteiger charge is 2.36. The lowest BCUT2D eigenvalue weighted by molar-refractivity contribution is 0.0665. The maximum absolute atomic E-state index is 10.5. The van der Waals surface area contributed by atoms with Gasteiger partial charge in [-0.2, -0.15) is 0 Å². The minimum Gasteiger partial charge on any atom is -0.391 e. The van der Waals surface area contributed by atoms with Crippen LogP contribution >= 0.6 is 0 Å². The number of aliphatic hydroxyl groups is 1. The zero-order valence-corrected chi connectivity index (χ0v) is 12.3. The molecule has 0 bridgehead atoms. The van der Waals surface area contributed by atoms with Crippen LogP contribution in [-0.4, -0.2) is 23.8 Å². The Morgan fingerprint density at radius 1 is 0.950 bits per heavy atom. The largest absolute Gasteiger partial charge is 0.391 e. The van der Waals surface area contributed by atoms with E-state index in [1.807, 2.05) is 0 Å². The average molecular weight is 273 g/mol. The predicted octanol–water partition coefficient (Wildman–Crippen LogP) is 3.46. The molecule has 0 radical (unpaired) electrons. The average Bonchev–Trinajstić information content (AvgIpc) is 2.52. The maximum atomic E-state index is 10.5. The Kier molecular flexibility index (Phi) is 4.74. The Hall–Kier alpha value is -0.860. The van der Waals surface area contributed by atoms with Gasteiger partial charge in [-0.3, -0.25) is 0 Å². The van der Waals surface area contributed by atoms with Crippen molar-refractivity contribution in [3.8, 4) is 0 Å². The molecule has 2 N–H and O–H groups in total. The molecule has 1 heterocycles. The molecular formula is C18H27NO. The lowest BCUT2D eigenvalue weighted by Gasteiger charge is -2.41. The standard InChI is InChI=1S/C18H27NO/c20-16-12-7-13-19-18(16)17(14-8-3-1-4-9-14)15-10-5-2-6-11-15/h1,3-4,8-9,15-20H,2,5-7,10-13H2/t16-,17-,18-/m1/s1. The summed E-state index contributed by atoms with van der Waals surface area (Å²) in [6.45, 7) is 1.05. The molecule has 2 nitrogen and oxygen atoms in total. The van der Waals surface area contributed by atoms with Crippen LogP contribution in [0.1, 0.15) is 56.4 Å². The molecule has 1 aliphatic carbocycles. The fourth-order valence-corrected chi connectivity index (χ4v) is 4.20. The van der Waals surface area contributed by atoms with Crippen LogP contribution < -0.4 is 5.32 Å². The molecule has 0 spiro atoms. The van der Waals surface area contributed by atoms with E-state index in [1.54, 1.807) is 0 Å². The molecule has 3 atom stereocenters. The first-order valence-electron chi connectivity index (χ1n) is 8.32. The Morgan fingerprint density at radius 3 is 2.40 bits per heavy atom. The molecule has 3 rings (SSSR count). The Balaban J connectivity index is 1.86. The van der Waals surface area contributed by atoms with Gasteiger partial charge in [0, 0.05) is 12.0 Å². The number of nitrogens with one attached hydrogen (secondary N) is 1. The quantitative estimate of drug-likeness (QED) is 0.884. The van der Waals surface area contributed by atoms with Gasteiger partial charge in [0.15, 0.2) is 0 Å². The molecule has 1 aromatic rings. The summed E-state index contributed by atoms with van der Waals surface area (Å²) >= 11 is 0. The first-order chi connectivity index (χ1) is 9.86. The summed E-state index contributed by atoms with van der Waals surface area (Å²) in [5.74, 6) is 1.21. The van der Waals surface area contributed by atoms with Crippen molar-refractivity contribution in [1.29, 1.82) is 0 Å². The van der Waals surface area contributed by atoms with E-state index >= 15 is 0 Å². The van der Waals surface area contributed by atoms with E-state index in [0.717, 1.165) is 25.3 Å². The lowest BCUT2D eigenvalue weighted by Crippen LogP contribution is -2.50. The van der Waals surface area contributed by atoms with Crippen LogP contribution in [-0.2, 0) is 0 Å². The molecule has 1 saturated carbocycles. The predicted molar refractivity (Wildman–Crippen MR) is 82.8 cm³/mol. The molecular weight excluding hydrogens is 246 g/mol. The van der Waals surface area contributed by atoms with Gasteiger partial charge in [-0.25, -0.2) is 0 Å².